The summed E-state index contributed by atoms with van der Waals surface area (Å²) in [6, 6.07) is 12.9. The predicted molar refractivity (Wildman–Crippen MR) is 97.0 cm³/mol. The number of benzene rings is 2. The molecule has 0 radical (unpaired) electrons. The number of aromatic hydroxyl groups is 1. The van der Waals surface area contributed by atoms with Crippen molar-refractivity contribution in [2.45, 2.75) is 5.92 Å². The molecule has 7 heteroatoms. The van der Waals surface area contributed by atoms with Gasteiger partial charge in [-0.2, -0.15) is 5.10 Å². The van der Waals surface area contributed by atoms with Crippen LogP contribution in [0.5, 0.6) is 5.75 Å². The Kier molecular flexibility index (Phi) is 3.24. The number of carbonyl (C=O) groups excluding carboxylic acids is 1. The van der Waals surface area contributed by atoms with Crippen LogP contribution in [-0.4, -0.2) is 25.6 Å². The third kappa shape index (κ3) is 2.28. The molecular weight excluding hydrogens is 347 g/mol. The Morgan fingerprint density at radius 1 is 1.11 bits per heavy atom. The van der Waals surface area contributed by atoms with Gasteiger partial charge in [-0.25, -0.2) is 13.9 Å². The zero-order valence-corrected chi connectivity index (χ0v) is 13.9. The highest BCUT2D eigenvalue weighted by Gasteiger charge is 2.32. The van der Waals surface area contributed by atoms with Gasteiger partial charge in [-0.15, -0.1) is 0 Å². The van der Waals surface area contributed by atoms with Crippen molar-refractivity contribution in [1.82, 2.24) is 14.6 Å². The molecule has 0 fully saturated rings. The molecule has 1 aliphatic rings. The molecule has 2 N–H and O–H groups in total. The van der Waals surface area contributed by atoms with Crippen molar-refractivity contribution in [3.8, 4) is 17.0 Å². The minimum absolute atomic E-state index is 0.174. The number of amides is 1. The van der Waals surface area contributed by atoms with E-state index in [2.05, 4.69) is 15.4 Å². The van der Waals surface area contributed by atoms with E-state index >= 15 is 0 Å². The first-order valence-electron chi connectivity index (χ1n) is 8.34. The second kappa shape index (κ2) is 5.63. The van der Waals surface area contributed by atoms with E-state index in [1.807, 2.05) is 18.2 Å². The molecule has 3 heterocycles. The van der Waals surface area contributed by atoms with Crippen molar-refractivity contribution in [3.63, 3.8) is 0 Å². The largest absolute Gasteiger partial charge is 0.508 e. The van der Waals surface area contributed by atoms with E-state index in [-0.39, 0.29) is 17.2 Å². The highest BCUT2D eigenvalue weighted by Crippen LogP contribution is 2.40. The molecule has 0 spiro atoms. The van der Waals surface area contributed by atoms with Crippen LogP contribution in [0.25, 0.3) is 16.8 Å². The van der Waals surface area contributed by atoms with Crippen molar-refractivity contribution in [1.29, 1.82) is 0 Å². The lowest BCUT2D eigenvalue weighted by molar-refractivity contribution is -0.116. The van der Waals surface area contributed by atoms with Crippen molar-refractivity contribution < 1.29 is 14.3 Å². The summed E-state index contributed by atoms with van der Waals surface area (Å²) in [7, 11) is 0. The zero-order chi connectivity index (χ0) is 18.5. The number of para-hydroxylation sites is 1. The quantitative estimate of drug-likeness (QED) is 0.546. The lowest BCUT2D eigenvalue weighted by Crippen LogP contribution is -2.25. The normalized spacial score (nSPS) is 15.7. The Labute approximate surface area is 152 Å². The Morgan fingerprint density at radius 2 is 1.96 bits per heavy atom. The molecule has 0 aliphatic carbocycles. The van der Waals surface area contributed by atoms with Crippen molar-refractivity contribution in [3.05, 3.63) is 78.0 Å². The second-order valence-electron chi connectivity index (χ2n) is 6.35. The first kappa shape index (κ1) is 15.5. The minimum Gasteiger partial charge on any atom is -0.508 e. The van der Waals surface area contributed by atoms with E-state index < -0.39 is 11.7 Å². The highest BCUT2D eigenvalue weighted by atomic mass is 19.1. The summed E-state index contributed by atoms with van der Waals surface area (Å²) in [6.45, 7) is 0. The minimum atomic E-state index is -0.909. The van der Waals surface area contributed by atoms with Gasteiger partial charge >= 0.3 is 0 Å². The van der Waals surface area contributed by atoms with Gasteiger partial charge in [0.1, 0.15) is 23.6 Å². The molecule has 1 atom stereocenters. The van der Waals surface area contributed by atoms with Gasteiger partial charge in [0.15, 0.2) is 0 Å². The van der Waals surface area contributed by atoms with Crippen molar-refractivity contribution in [2.75, 3.05) is 5.32 Å². The van der Waals surface area contributed by atoms with Gasteiger partial charge in [0, 0.05) is 23.4 Å². The lowest BCUT2D eigenvalue weighted by atomic mass is 9.88. The fourth-order valence-electron chi connectivity index (χ4n) is 3.61. The molecule has 1 aliphatic heterocycles. The number of carbonyl (C=O) groups is 1. The maximum absolute atomic E-state index is 14.6. The number of phenols is 1. The van der Waals surface area contributed by atoms with Crippen LogP contribution < -0.4 is 5.32 Å². The molecule has 27 heavy (non-hydrogen) atoms. The number of phenolic OH excluding ortho intramolecular Hbond substituents is 1. The Morgan fingerprint density at radius 3 is 2.81 bits per heavy atom. The maximum Gasteiger partial charge on any atom is 0.236 e. The molecule has 0 saturated carbocycles. The number of nitrogens with one attached hydrogen (secondary N) is 1. The number of nitrogens with zero attached hydrogens (tertiary/aromatic N) is 3. The molecule has 4 aromatic rings. The molecule has 2 aromatic carbocycles. The lowest BCUT2D eigenvalue weighted by Gasteiger charge is -2.22. The summed E-state index contributed by atoms with van der Waals surface area (Å²) >= 11 is 0. The smallest absolute Gasteiger partial charge is 0.236 e. The number of halogens is 1. The van der Waals surface area contributed by atoms with E-state index in [0.29, 0.717) is 22.5 Å². The summed E-state index contributed by atoms with van der Waals surface area (Å²) in [5.74, 6) is -2.12. The molecule has 6 nitrogen and oxygen atoms in total. The topological polar surface area (TPSA) is 79.5 Å². The first-order chi connectivity index (χ1) is 13.1. The fourth-order valence-corrected chi connectivity index (χ4v) is 3.61. The van der Waals surface area contributed by atoms with Crippen LogP contribution in [0.1, 0.15) is 17.0 Å². The van der Waals surface area contributed by atoms with E-state index in [1.54, 1.807) is 22.8 Å². The van der Waals surface area contributed by atoms with Gasteiger partial charge in [-0.3, -0.25) is 4.79 Å². The number of hydrogen-bond donors (Lipinski definition) is 2. The van der Waals surface area contributed by atoms with Crippen LogP contribution in [-0.2, 0) is 4.79 Å². The third-order valence-electron chi connectivity index (χ3n) is 4.79. The SMILES string of the molecule is O=C1Nc2ccccc2-c2ncnn3ccc(c23)C1c1ccc(O)cc1F. The van der Waals surface area contributed by atoms with Crippen LogP contribution in [0.4, 0.5) is 10.1 Å². The number of aromatic nitrogens is 3. The van der Waals surface area contributed by atoms with Crippen LogP contribution in [0.3, 0.4) is 0 Å². The van der Waals surface area contributed by atoms with Crippen LogP contribution in [0.2, 0.25) is 0 Å². The standard InChI is InChI=1S/C20H13FN4O2/c21-15-9-11(26)5-6-12(15)17-14-7-8-25-19(14)18(22-10-23-25)13-3-1-2-4-16(13)24-20(17)27/h1-10,17,26H,(H,24,27). The molecule has 5 rings (SSSR count). The summed E-state index contributed by atoms with van der Waals surface area (Å²) in [6.07, 6.45) is 3.17. The average Bonchev–Trinajstić information content (AvgIpc) is 3.07. The third-order valence-corrected chi connectivity index (χ3v) is 4.79. The molecule has 1 amide bonds. The predicted octanol–water partition coefficient (Wildman–Crippen LogP) is 3.33. The van der Waals surface area contributed by atoms with Crippen LogP contribution >= 0.6 is 0 Å². The Hall–Kier alpha value is -3.74. The van der Waals surface area contributed by atoms with Gasteiger partial charge in [-0.1, -0.05) is 24.3 Å². The van der Waals surface area contributed by atoms with Crippen molar-refractivity contribution >= 4 is 17.1 Å². The summed E-state index contributed by atoms with van der Waals surface area (Å²) in [4.78, 5) is 17.5. The molecular formula is C20H13FN4O2. The zero-order valence-electron chi connectivity index (χ0n) is 13.9. The van der Waals surface area contributed by atoms with Crippen LogP contribution in [0, 0.1) is 5.82 Å². The first-order valence-corrected chi connectivity index (χ1v) is 8.34. The molecule has 1 unspecified atom stereocenters. The van der Waals surface area contributed by atoms with E-state index in [1.165, 1.54) is 18.5 Å². The molecule has 132 valence electrons. The maximum atomic E-state index is 14.6. The van der Waals surface area contributed by atoms with Crippen LogP contribution in [0.15, 0.2) is 61.1 Å². The number of rotatable bonds is 1. The highest BCUT2D eigenvalue weighted by molar-refractivity contribution is 6.05. The number of fused-ring (bicyclic) bond motifs is 2. The van der Waals surface area contributed by atoms with E-state index in [9.17, 15) is 14.3 Å². The van der Waals surface area contributed by atoms with E-state index in [4.69, 9.17) is 0 Å². The monoisotopic (exact) mass is 360 g/mol. The fraction of sp³-hybridized carbons (Fsp3) is 0.0500. The summed E-state index contributed by atoms with van der Waals surface area (Å²) in [5.41, 5.74) is 3.44. The second-order valence-corrected chi connectivity index (χ2v) is 6.35. The van der Waals surface area contributed by atoms with E-state index in [0.717, 1.165) is 11.6 Å². The van der Waals surface area contributed by atoms with Gasteiger partial charge in [0.2, 0.25) is 5.91 Å². The number of anilines is 1. The Balaban J connectivity index is 1.86. The van der Waals surface area contributed by atoms with Gasteiger partial charge < -0.3 is 10.4 Å². The molecule has 2 aromatic heterocycles. The van der Waals surface area contributed by atoms with Gasteiger partial charge in [0.05, 0.1) is 17.1 Å². The summed E-state index contributed by atoms with van der Waals surface area (Å²) in [5, 5.41) is 16.6. The molecule has 0 saturated heterocycles. The Bertz CT molecular complexity index is 1220. The number of hydrogen-bond acceptors (Lipinski definition) is 4. The molecule has 0 bridgehead atoms. The van der Waals surface area contributed by atoms with Gasteiger partial charge in [0.25, 0.3) is 0 Å². The summed E-state index contributed by atoms with van der Waals surface area (Å²) < 4.78 is 16.3. The van der Waals surface area contributed by atoms with Crippen molar-refractivity contribution in [2.24, 2.45) is 0 Å². The average molecular weight is 360 g/mol. The van der Waals surface area contributed by atoms with Gasteiger partial charge in [-0.05, 0) is 23.8 Å².